The number of rotatable bonds is 12. The predicted molar refractivity (Wildman–Crippen MR) is 80.5 cm³/mol. The Morgan fingerprint density at radius 3 is 2.11 bits per heavy atom. The molecule has 2 heteroatoms. The van der Waals surface area contributed by atoms with E-state index in [1.165, 1.54) is 32.1 Å². The standard InChI is InChI=1S/C16H31NO/c1-3-4-5-6-7-8-9-10-11-12-13-14-16(18)15(2)17/h3,10-11,15-16,18H,1,4-9,12-14,17H2,2H3/b11-10-/t15-,16+/m0/s1. The average molecular weight is 253 g/mol. The number of hydrogen-bond donors (Lipinski definition) is 2. The molecule has 0 aromatic carbocycles. The van der Waals surface area contributed by atoms with Gasteiger partial charge in [0.2, 0.25) is 0 Å². The Kier molecular flexibility index (Phi) is 12.4. The Morgan fingerprint density at radius 2 is 1.56 bits per heavy atom. The number of aliphatic hydroxyl groups excluding tert-OH is 1. The highest BCUT2D eigenvalue weighted by molar-refractivity contribution is 4.82. The molecule has 106 valence electrons. The summed E-state index contributed by atoms with van der Waals surface area (Å²) < 4.78 is 0. The maximum atomic E-state index is 9.51. The Morgan fingerprint density at radius 1 is 1.00 bits per heavy atom. The first-order valence-electron chi connectivity index (χ1n) is 7.38. The van der Waals surface area contributed by atoms with Gasteiger partial charge in [0.25, 0.3) is 0 Å². The number of aliphatic hydroxyl groups is 1. The summed E-state index contributed by atoms with van der Waals surface area (Å²) in [5, 5.41) is 9.51. The van der Waals surface area contributed by atoms with Crippen molar-refractivity contribution in [3.8, 4) is 0 Å². The van der Waals surface area contributed by atoms with Gasteiger partial charge >= 0.3 is 0 Å². The highest BCUT2D eigenvalue weighted by atomic mass is 16.3. The Hall–Kier alpha value is -0.600. The van der Waals surface area contributed by atoms with Crippen LogP contribution < -0.4 is 5.73 Å². The fourth-order valence-electron chi connectivity index (χ4n) is 1.85. The van der Waals surface area contributed by atoms with Gasteiger partial charge in [0.15, 0.2) is 0 Å². The summed E-state index contributed by atoms with van der Waals surface area (Å²) in [6.45, 7) is 5.58. The Bertz CT molecular complexity index is 211. The zero-order valence-corrected chi connectivity index (χ0v) is 12.0. The summed E-state index contributed by atoms with van der Waals surface area (Å²) in [5.74, 6) is 0. The van der Waals surface area contributed by atoms with Gasteiger partial charge in [0.1, 0.15) is 0 Å². The molecule has 0 amide bonds. The molecule has 0 bridgehead atoms. The molecule has 2 atom stereocenters. The lowest BCUT2D eigenvalue weighted by Crippen LogP contribution is -2.31. The van der Waals surface area contributed by atoms with Crippen molar-refractivity contribution in [1.82, 2.24) is 0 Å². The smallest absolute Gasteiger partial charge is 0.0688 e. The van der Waals surface area contributed by atoms with Crippen LogP contribution in [0.25, 0.3) is 0 Å². The van der Waals surface area contributed by atoms with Crippen LogP contribution >= 0.6 is 0 Å². The van der Waals surface area contributed by atoms with Gasteiger partial charge in [-0.15, -0.1) is 6.58 Å². The zero-order chi connectivity index (χ0) is 13.6. The van der Waals surface area contributed by atoms with Gasteiger partial charge in [-0.2, -0.15) is 0 Å². The summed E-state index contributed by atoms with van der Waals surface area (Å²) in [6.07, 6.45) is 16.6. The second-order valence-corrected chi connectivity index (χ2v) is 5.11. The topological polar surface area (TPSA) is 46.2 Å². The van der Waals surface area contributed by atoms with E-state index in [1.54, 1.807) is 0 Å². The highest BCUT2D eigenvalue weighted by Gasteiger charge is 2.07. The van der Waals surface area contributed by atoms with Crippen LogP contribution in [0.2, 0.25) is 0 Å². The molecule has 0 rings (SSSR count). The molecule has 0 saturated carbocycles. The monoisotopic (exact) mass is 253 g/mol. The molecule has 0 saturated heterocycles. The largest absolute Gasteiger partial charge is 0.392 e. The summed E-state index contributed by atoms with van der Waals surface area (Å²) in [7, 11) is 0. The minimum Gasteiger partial charge on any atom is -0.392 e. The van der Waals surface area contributed by atoms with Crippen LogP contribution in [0.1, 0.15) is 64.7 Å². The summed E-state index contributed by atoms with van der Waals surface area (Å²) in [4.78, 5) is 0. The molecule has 0 spiro atoms. The van der Waals surface area contributed by atoms with Crippen LogP contribution in [-0.4, -0.2) is 17.3 Å². The fourth-order valence-corrected chi connectivity index (χ4v) is 1.85. The van der Waals surface area contributed by atoms with Crippen LogP contribution in [0.15, 0.2) is 24.8 Å². The lowest BCUT2D eigenvalue weighted by Gasteiger charge is -2.12. The lowest BCUT2D eigenvalue weighted by atomic mass is 10.1. The van der Waals surface area contributed by atoms with E-state index in [2.05, 4.69) is 18.7 Å². The third kappa shape index (κ3) is 11.9. The molecule has 0 radical (unpaired) electrons. The zero-order valence-electron chi connectivity index (χ0n) is 12.0. The van der Waals surface area contributed by atoms with Gasteiger partial charge in [-0.1, -0.05) is 31.1 Å². The first-order chi connectivity index (χ1) is 8.68. The molecule has 18 heavy (non-hydrogen) atoms. The third-order valence-corrected chi connectivity index (χ3v) is 3.17. The van der Waals surface area contributed by atoms with Gasteiger partial charge in [-0.05, 0) is 51.9 Å². The van der Waals surface area contributed by atoms with Crippen molar-refractivity contribution in [2.24, 2.45) is 5.73 Å². The number of allylic oxidation sites excluding steroid dienone is 3. The van der Waals surface area contributed by atoms with Crippen molar-refractivity contribution in [1.29, 1.82) is 0 Å². The highest BCUT2D eigenvalue weighted by Crippen LogP contribution is 2.08. The lowest BCUT2D eigenvalue weighted by molar-refractivity contribution is 0.139. The molecule has 0 heterocycles. The molecule has 0 aromatic rings. The van der Waals surface area contributed by atoms with E-state index in [-0.39, 0.29) is 12.1 Å². The van der Waals surface area contributed by atoms with Crippen LogP contribution in [0.4, 0.5) is 0 Å². The summed E-state index contributed by atoms with van der Waals surface area (Å²) in [6, 6.07) is -0.107. The molecule has 0 fully saturated rings. The Balaban J connectivity index is 3.21. The van der Waals surface area contributed by atoms with Crippen molar-refractivity contribution >= 4 is 0 Å². The molecular weight excluding hydrogens is 222 g/mol. The van der Waals surface area contributed by atoms with E-state index in [0.717, 1.165) is 25.7 Å². The minimum absolute atomic E-state index is 0.107. The van der Waals surface area contributed by atoms with Crippen molar-refractivity contribution in [2.45, 2.75) is 76.9 Å². The van der Waals surface area contributed by atoms with Crippen LogP contribution in [0.3, 0.4) is 0 Å². The maximum Gasteiger partial charge on any atom is 0.0688 e. The van der Waals surface area contributed by atoms with E-state index in [9.17, 15) is 5.11 Å². The van der Waals surface area contributed by atoms with E-state index in [1.807, 2.05) is 13.0 Å². The molecular formula is C16H31NO. The molecule has 0 unspecified atom stereocenters. The van der Waals surface area contributed by atoms with Gasteiger partial charge < -0.3 is 10.8 Å². The van der Waals surface area contributed by atoms with Gasteiger partial charge in [0.05, 0.1) is 6.10 Å². The predicted octanol–water partition coefficient (Wildman–Crippen LogP) is 3.95. The summed E-state index contributed by atoms with van der Waals surface area (Å²) in [5.41, 5.74) is 5.59. The van der Waals surface area contributed by atoms with Crippen LogP contribution in [0, 0.1) is 0 Å². The van der Waals surface area contributed by atoms with E-state index < -0.39 is 0 Å². The van der Waals surface area contributed by atoms with Crippen molar-refractivity contribution < 1.29 is 5.11 Å². The average Bonchev–Trinajstić information content (AvgIpc) is 2.35. The molecule has 0 aliphatic carbocycles. The van der Waals surface area contributed by atoms with Crippen molar-refractivity contribution in [3.05, 3.63) is 24.8 Å². The number of hydrogen-bond acceptors (Lipinski definition) is 2. The number of nitrogens with two attached hydrogens (primary N) is 1. The van der Waals surface area contributed by atoms with E-state index in [0.29, 0.717) is 0 Å². The van der Waals surface area contributed by atoms with Crippen LogP contribution in [0.5, 0.6) is 0 Å². The second kappa shape index (κ2) is 12.8. The Labute approximate surface area is 113 Å². The first kappa shape index (κ1) is 17.4. The molecule has 0 aliphatic heterocycles. The van der Waals surface area contributed by atoms with Crippen molar-refractivity contribution in [2.75, 3.05) is 0 Å². The van der Waals surface area contributed by atoms with Crippen LogP contribution in [-0.2, 0) is 0 Å². The molecule has 3 N–H and O–H groups in total. The molecule has 0 aromatic heterocycles. The van der Waals surface area contributed by atoms with Gasteiger partial charge in [-0.3, -0.25) is 0 Å². The fraction of sp³-hybridized carbons (Fsp3) is 0.750. The SMILES string of the molecule is C=CCCCCCC/C=C\CCC[C@@H](O)[C@H](C)N. The number of unbranched alkanes of at least 4 members (excludes halogenated alkanes) is 6. The van der Waals surface area contributed by atoms with Gasteiger partial charge in [0, 0.05) is 6.04 Å². The first-order valence-corrected chi connectivity index (χ1v) is 7.38. The second-order valence-electron chi connectivity index (χ2n) is 5.11. The van der Waals surface area contributed by atoms with Gasteiger partial charge in [-0.25, -0.2) is 0 Å². The maximum absolute atomic E-state index is 9.51. The quantitative estimate of drug-likeness (QED) is 0.408. The third-order valence-electron chi connectivity index (χ3n) is 3.17. The molecule has 0 aliphatic rings. The summed E-state index contributed by atoms with van der Waals surface area (Å²) >= 11 is 0. The van der Waals surface area contributed by atoms with E-state index >= 15 is 0 Å². The molecule has 2 nitrogen and oxygen atoms in total. The van der Waals surface area contributed by atoms with E-state index in [4.69, 9.17) is 5.73 Å². The normalized spacial score (nSPS) is 14.8. The minimum atomic E-state index is -0.344. The van der Waals surface area contributed by atoms with Crippen molar-refractivity contribution in [3.63, 3.8) is 0 Å².